The lowest BCUT2D eigenvalue weighted by Gasteiger charge is -2.09. The van der Waals surface area contributed by atoms with E-state index in [1.54, 1.807) is 0 Å². The van der Waals surface area contributed by atoms with Crippen molar-refractivity contribution in [2.45, 2.75) is 38.6 Å². The van der Waals surface area contributed by atoms with Crippen LogP contribution >= 0.6 is 0 Å². The Bertz CT molecular complexity index is 495. The molecule has 0 saturated heterocycles. The molecule has 0 unspecified atom stereocenters. The molecular formula is C16H22N2. The third-order valence-electron chi connectivity index (χ3n) is 4.15. The maximum atomic E-state index is 3.58. The standard InChI is InChI=1S/C16H22N2/c1-2-4-13(3-1)7-9-17-12-14-5-6-16-15(11-14)8-10-18-16/h5-6,8,10-11,13,17-18H,1-4,7,9,12H2. The van der Waals surface area contributed by atoms with Gasteiger partial charge in [0.05, 0.1) is 0 Å². The Morgan fingerprint density at radius 3 is 2.94 bits per heavy atom. The zero-order valence-corrected chi connectivity index (χ0v) is 10.9. The van der Waals surface area contributed by atoms with Crippen LogP contribution < -0.4 is 5.32 Å². The van der Waals surface area contributed by atoms with Crippen molar-refractivity contribution in [2.24, 2.45) is 5.92 Å². The van der Waals surface area contributed by atoms with Crippen molar-refractivity contribution in [1.82, 2.24) is 10.3 Å². The third kappa shape index (κ3) is 2.75. The average molecular weight is 242 g/mol. The van der Waals surface area contributed by atoms with E-state index in [9.17, 15) is 0 Å². The molecule has 2 nitrogen and oxygen atoms in total. The molecule has 1 saturated carbocycles. The lowest BCUT2D eigenvalue weighted by Crippen LogP contribution is -2.16. The zero-order chi connectivity index (χ0) is 12.2. The Morgan fingerprint density at radius 1 is 1.17 bits per heavy atom. The molecule has 0 amide bonds. The molecule has 1 aliphatic carbocycles. The molecule has 1 aliphatic rings. The van der Waals surface area contributed by atoms with Gasteiger partial charge < -0.3 is 10.3 Å². The predicted molar refractivity (Wildman–Crippen MR) is 76.6 cm³/mol. The van der Waals surface area contributed by atoms with Crippen LogP contribution in [0.3, 0.4) is 0 Å². The molecule has 2 N–H and O–H groups in total. The van der Waals surface area contributed by atoms with E-state index in [1.165, 1.54) is 48.6 Å². The van der Waals surface area contributed by atoms with Crippen molar-refractivity contribution in [2.75, 3.05) is 6.54 Å². The first-order valence-corrected chi connectivity index (χ1v) is 7.18. The minimum Gasteiger partial charge on any atom is -0.361 e. The van der Waals surface area contributed by atoms with Gasteiger partial charge in [-0.05, 0) is 48.0 Å². The van der Waals surface area contributed by atoms with Crippen LogP contribution in [0.5, 0.6) is 0 Å². The molecule has 18 heavy (non-hydrogen) atoms. The number of aromatic amines is 1. The van der Waals surface area contributed by atoms with Crippen LogP contribution in [0.15, 0.2) is 30.5 Å². The Balaban J connectivity index is 1.47. The van der Waals surface area contributed by atoms with Crippen molar-refractivity contribution in [3.8, 4) is 0 Å². The van der Waals surface area contributed by atoms with Crippen molar-refractivity contribution in [3.05, 3.63) is 36.0 Å². The second-order valence-electron chi connectivity index (χ2n) is 5.52. The zero-order valence-electron chi connectivity index (χ0n) is 10.9. The molecule has 2 aromatic rings. The van der Waals surface area contributed by atoms with Gasteiger partial charge >= 0.3 is 0 Å². The molecule has 96 valence electrons. The molecule has 0 aliphatic heterocycles. The number of aromatic nitrogens is 1. The van der Waals surface area contributed by atoms with Crippen molar-refractivity contribution in [1.29, 1.82) is 0 Å². The summed E-state index contributed by atoms with van der Waals surface area (Å²) in [6, 6.07) is 8.79. The van der Waals surface area contributed by atoms with E-state index < -0.39 is 0 Å². The van der Waals surface area contributed by atoms with Crippen molar-refractivity contribution < 1.29 is 0 Å². The van der Waals surface area contributed by atoms with E-state index in [4.69, 9.17) is 0 Å². The Hall–Kier alpha value is -1.28. The maximum absolute atomic E-state index is 3.58. The number of fused-ring (bicyclic) bond motifs is 1. The quantitative estimate of drug-likeness (QED) is 0.766. The molecule has 0 radical (unpaired) electrons. The van der Waals surface area contributed by atoms with Crippen LogP contribution in [-0.2, 0) is 6.54 Å². The normalized spacial score (nSPS) is 16.7. The summed E-state index contributed by atoms with van der Waals surface area (Å²) in [5.74, 6) is 0.990. The Labute approximate surface area is 109 Å². The topological polar surface area (TPSA) is 27.8 Å². The first-order chi connectivity index (χ1) is 8.92. The second kappa shape index (κ2) is 5.57. The minimum atomic E-state index is 0.990. The summed E-state index contributed by atoms with van der Waals surface area (Å²) in [4.78, 5) is 3.23. The number of hydrogen-bond donors (Lipinski definition) is 2. The summed E-state index contributed by atoms with van der Waals surface area (Å²) in [5.41, 5.74) is 2.61. The summed E-state index contributed by atoms with van der Waals surface area (Å²) in [6.07, 6.45) is 9.17. The number of hydrogen-bond acceptors (Lipinski definition) is 1. The molecule has 0 atom stereocenters. The van der Waals surface area contributed by atoms with Gasteiger partial charge in [0.25, 0.3) is 0 Å². The monoisotopic (exact) mass is 242 g/mol. The SMILES string of the molecule is c1cc2cc(CNCCC3CCCC3)ccc2[nH]1. The van der Waals surface area contributed by atoms with E-state index >= 15 is 0 Å². The first-order valence-electron chi connectivity index (χ1n) is 7.18. The fourth-order valence-corrected chi connectivity index (χ4v) is 3.05. The lowest BCUT2D eigenvalue weighted by atomic mass is 10.0. The van der Waals surface area contributed by atoms with Crippen LogP contribution in [-0.4, -0.2) is 11.5 Å². The highest BCUT2D eigenvalue weighted by Gasteiger charge is 2.13. The van der Waals surface area contributed by atoms with Gasteiger partial charge in [0.1, 0.15) is 0 Å². The lowest BCUT2D eigenvalue weighted by molar-refractivity contribution is 0.477. The molecule has 2 heteroatoms. The fourth-order valence-electron chi connectivity index (χ4n) is 3.05. The third-order valence-corrected chi connectivity index (χ3v) is 4.15. The van der Waals surface area contributed by atoms with Gasteiger partial charge in [-0.2, -0.15) is 0 Å². The molecular weight excluding hydrogens is 220 g/mol. The molecule has 0 bridgehead atoms. The Kier molecular flexibility index (Phi) is 3.65. The van der Waals surface area contributed by atoms with Gasteiger partial charge in [-0.15, -0.1) is 0 Å². The van der Waals surface area contributed by atoms with Crippen LogP contribution in [0.1, 0.15) is 37.7 Å². The molecule has 1 fully saturated rings. The van der Waals surface area contributed by atoms with E-state index in [0.717, 1.165) is 19.0 Å². The van der Waals surface area contributed by atoms with Gasteiger partial charge in [-0.25, -0.2) is 0 Å². The smallest absolute Gasteiger partial charge is 0.0454 e. The average Bonchev–Trinajstić information content (AvgIpc) is 3.05. The van der Waals surface area contributed by atoms with Crippen LogP contribution in [0, 0.1) is 5.92 Å². The molecule has 1 heterocycles. The molecule has 1 aromatic carbocycles. The molecule has 3 rings (SSSR count). The molecule has 1 aromatic heterocycles. The minimum absolute atomic E-state index is 0.990. The number of benzene rings is 1. The van der Waals surface area contributed by atoms with Gasteiger partial charge in [0, 0.05) is 18.3 Å². The highest BCUT2D eigenvalue weighted by atomic mass is 14.8. The van der Waals surface area contributed by atoms with Gasteiger partial charge in [0.15, 0.2) is 0 Å². The largest absolute Gasteiger partial charge is 0.361 e. The van der Waals surface area contributed by atoms with Crippen LogP contribution in [0.25, 0.3) is 10.9 Å². The van der Waals surface area contributed by atoms with Crippen molar-refractivity contribution >= 4 is 10.9 Å². The van der Waals surface area contributed by atoms with Gasteiger partial charge in [0.2, 0.25) is 0 Å². The first kappa shape index (κ1) is 11.8. The Morgan fingerprint density at radius 2 is 2.06 bits per heavy atom. The maximum Gasteiger partial charge on any atom is 0.0454 e. The van der Waals surface area contributed by atoms with Gasteiger partial charge in [-0.3, -0.25) is 0 Å². The van der Waals surface area contributed by atoms with Crippen molar-refractivity contribution in [3.63, 3.8) is 0 Å². The number of rotatable bonds is 5. The number of nitrogens with one attached hydrogen (secondary N) is 2. The highest BCUT2D eigenvalue weighted by Crippen LogP contribution is 2.26. The number of H-pyrrole nitrogens is 1. The summed E-state index contributed by atoms with van der Waals surface area (Å²) in [7, 11) is 0. The van der Waals surface area contributed by atoms with E-state index in [1.807, 2.05) is 6.20 Å². The highest BCUT2D eigenvalue weighted by molar-refractivity contribution is 5.79. The summed E-state index contributed by atoms with van der Waals surface area (Å²) < 4.78 is 0. The van der Waals surface area contributed by atoms with E-state index in [2.05, 4.69) is 34.6 Å². The van der Waals surface area contributed by atoms with E-state index in [0.29, 0.717) is 0 Å². The van der Waals surface area contributed by atoms with Crippen LogP contribution in [0.4, 0.5) is 0 Å². The van der Waals surface area contributed by atoms with Crippen LogP contribution in [0.2, 0.25) is 0 Å². The fraction of sp³-hybridized carbons (Fsp3) is 0.500. The summed E-state index contributed by atoms with van der Waals surface area (Å²) in [5, 5.41) is 4.89. The van der Waals surface area contributed by atoms with E-state index in [-0.39, 0.29) is 0 Å². The van der Waals surface area contributed by atoms with Gasteiger partial charge in [-0.1, -0.05) is 31.7 Å². The predicted octanol–water partition coefficient (Wildman–Crippen LogP) is 3.84. The second-order valence-corrected chi connectivity index (χ2v) is 5.52. The summed E-state index contributed by atoms with van der Waals surface area (Å²) >= 11 is 0. The molecule has 0 spiro atoms. The summed E-state index contributed by atoms with van der Waals surface area (Å²) in [6.45, 7) is 2.16.